The molecule has 0 heterocycles. The second-order valence-electron chi connectivity index (χ2n) is 11.1. The first-order valence-electron chi connectivity index (χ1n) is 17.6. The van der Waals surface area contributed by atoms with Gasteiger partial charge < -0.3 is 34.7 Å². The molecule has 0 aromatic heterocycles. The third-order valence-corrected chi connectivity index (χ3v) is 11.9. The largest absolute Gasteiger partial charge is 0.466 e. The Morgan fingerprint density at radius 2 is 0.958 bits per heavy atom. The number of aliphatic hydroxyl groups excluding tert-OH is 1. The van der Waals surface area contributed by atoms with E-state index in [1.807, 2.05) is 37.3 Å². The number of ether oxygens (including phenoxy) is 4. The molecule has 0 bridgehead atoms. The van der Waals surface area contributed by atoms with Gasteiger partial charge in [0.05, 0.1) is 39.3 Å². The summed E-state index contributed by atoms with van der Waals surface area (Å²) in [5.74, 6) is 3.15. The maximum Gasteiger partial charge on any atom is 0.307 e. The Morgan fingerprint density at radius 3 is 1.40 bits per heavy atom. The molecular weight excluding hydrogens is 697 g/mol. The van der Waals surface area contributed by atoms with Crippen molar-refractivity contribution in [3.05, 3.63) is 0 Å². The van der Waals surface area contributed by atoms with Crippen LogP contribution in [0.15, 0.2) is 0 Å². The fourth-order valence-corrected chi connectivity index (χ4v) is 8.30. The Bertz CT molecular complexity index is 742. The van der Waals surface area contributed by atoms with Gasteiger partial charge in [0.25, 0.3) is 0 Å². The summed E-state index contributed by atoms with van der Waals surface area (Å²) in [6.07, 6.45) is 10.4. The first-order valence-corrected chi connectivity index (χ1v) is 22.5. The van der Waals surface area contributed by atoms with Crippen LogP contribution in [0.25, 0.3) is 0 Å². The molecule has 0 radical (unpaired) electrons. The number of rotatable bonds is 36. The minimum Gasteiger partial charge on any atom is -0.466 e. The molecule has 3 N–H and O–H groups in total. The van der Waals surface area contributed by atoms with E-state index in [0.29, 0.717) is 58.3 Å². The average molecular weight is 759 g/mol. The summed E-state index contributed by atoms with van der Waals surface area (Å²) >= 11 is 0. The number of nitrogens with zero attached hydrogens (tertiary/aromatic N) is 1. The number of aliphatic hydroxyl groups is 1. The summed E-state index contributed by atoms with van der Waals surface area (Å²) in [6.45, 7) is 5.22. The minimum atomic E-state index is -0.353. The Balaban J connectivity index is 3.94. The monoisotopic (exact) mass is 758 g/mol. The highest BCUT2D eigenvalue weighted by Gasteiger charge is 2.13. The Kier molecular flexibility index (Phi) is 36.8. The second kappa shape index (κ2) is 37.4. The van der Waals surface area contributed by atoms with Crippen LogP contribution in [0.4, 0.5) is 0 Å². The normalized spacial score (nSPS) is 11.1. The van der Waals surface area contributed by atoms with Crippen LogP contribution in [0.3, 0.4) is 0 Å². The van der Waals surface area contributed by atoms with Gasteiger partial charge in [-0.1, -0.05) is 62.9 Å². The molecule has 0 fully saturated rings. The molecule has 282 valence electrons. The molecule has 0 saturated carbocycles. The molecular formula is C33H62N2O9S4. The summed E-state index contributed by atoms with van der Waals surface area (Å²) in [6, 6.07) is 0. The molecule has 15 heteroatoms. The van der Waals surface area contributed by atoms with Gasteiger partial charge in [0.1, 0.15) is 0 Å². The van der Waals surface area contributed by atoms with Crippen LogP contribution >= 0.6 is 43.2 Å². The summed E-state index contributed by atoms with van der Waals surface area (Å²) < 4.78 is 21.0. The van der Waals surface area contributed by atoms with Gasteiger partial charge >= 0.3 is 23.9 Å². The number of carbonyl (C=O) groups is 4. The van der Waals surface area contributed by atoms with Gasteiger partial charge in [-0.25, -0.2) is 0 Å². The molecule has 11 nitrogen and oxygen atoms in total. The van der Waals surface area contributed by atoms with Crippen molar-refractivity contribution >= 4 is 67.1 Å². The predicted molar refractivity (Wildman–Crippen MR) is 201 cm³/mol. The zero-order valence-electron chi connectivity index (χ0n) is 29.2. The molecule has 0 aliphatic carbocycles. The number of nitrogens with two attached hydrogens (primary N) is 1. The van der Waals surface area contributed by atoms with Gasteiger partial charge in [0, 0.05) is 74.9 Å². The maximum atomic E-state index is 12.2. The second-order valence-corrected chi connectivity index (χ2v) is 16.5. The SMILES string of the molecule is CCCSSCCCCCC(=O)OCCCOC(=O)CCN(CCCCO)CCC(=O)OCCCOC(=O)CCCCCSSCCN. The van der Waals surface area contributed by atoms with Crippen LogP contribution in [0, 0.1) is 0 Å². The van der Waals surface area contributed by atoms with Gasteiger partial charge in [0.2, 0.25) is 0 Å². The van der Waals surface area contributed by atoms with E-state index in [0.717, 1.165) is 62.2 Å². The van der Waals surface area contributed by atoms with Crippen LogP contribution in [-0.4, -0.2) is 116 Å². The molecule has 0 unspecified atom stereocenters. The zero-order valence-corrected chi connectivity index (χ0v) is 32.4. The molecule has 0 saturated heterocycles. The molecule has 0 spiro atoms. The van der Waals surface area contributed by atoms with E-state index in [2.05, 4.69) is 6.92 Å². The number of hydrogen-bond acceptors (Lipinski definition) is 15. The molecule has 48 heavy (non-hydrogen) atoms. The molecule has 0 aliphatic rings. The number of unbranched alkanes of at least 4 members (excludes halogenated alkanes) is 5. The van der Waals surface area contributed by atoms with E-state index < -0.39 is 0 Å². The maximum absolute atomic E-state index is 12.2. The van der Waals surface area contributed by atoms with Crippen molar-refractivity contribution in [3.8, 4) is 0 Å². The first kappa shape index (κ1) is 47.2. The van der Waals surface area contributed by atoms with Gasteiger partial charge in [-0.2, -0.15) is 0 Å². The van der Waals surface area contributed by atoms with Crippen LogP contribution in [0.2, 0.25) is 0 Å². The highest BCUT2D eigenvalue weighted by atomic mass is 33.1. The van der Waals surface area contributed by atoms with Gasteiger partial charge in [-0.05, 0) is 51.5 Å². The fourth-order valence-electron chi connectivity index (χ4n) is 4.01. The van der Waals surface area contributed by atoms with E-state index in [4.69, 9.17) is 29.8 Å². The van der Waals surface area contributed by atoms with E-state index >= 15 is 0 Å². The van der Waals surface area contributed by atoms with Crippen LogP contribution < -0.4 is 5.73 Å². The van der Waals surface area contributed by atoms with Crippen molar-refractivity contribution in [2.45, 2.75) is 103 Å². The Labute approximate surface area is 305 Å². The highest BCUT2D eigenvalue weighted by Crippen LogP contribution is 2.23. The van der Waals surface area contributed by atoms with E-state index in [9.17, 15) is 19.2 Å². The average Bonchev–Trinajstić information content (AvgIpc) is 3.07. The number of esters is 4. The molecule has 0 amide bonds. The van der Waals surface area contributed by atoms with Gasteiger partial charge in [0.15, 0.2) is 0 Å². The fraction of sp³-hybridized carbons (Fsp3) is 0.879. The topological polar surface area (TPSA) is 155 Å². The van der Waals surface area contributed by atoms with Crippen molar-refractivity contribution < 1.29 is 43.2 Å². The summed E-state index contributed by atoms with van der Waals surface area (Å²) in [5.41, 5.74) is 5.46. The molecule has 0 aliphatic heterocycles. The lowest BCUT2D eigenvalue weighted by molar-refractivity contribution is -0.147. The van der Waals surface area contributed by atoms with Crippen LogP contribution in [0.5, 0.6) is 0 Å². The van der Waals surface area contributed by atoms with E-state index in [1.165, 1.54) is 12.2 Å². The third kappa shape index (κ3) is 35.0. The molecule has 0 aromatic rings. The first-order chi connectivity index (χ1) is 23.4. The van der Waals surface area contributed by atoms with Crippen molar-refractivity contribution in [1.29, 1.82) is 0 Å². The molecule has 0 atom stereocenters. The Morgan fingerprint density at radius 1 is 0.521 bits per heavy atom. The summed E-state index contributed by atoms with van der Waals surface area (Å²) in [5, 5.41) is 9.12. The number of hydrogen-bond donors (Lipinski definition) is 2. The lowest BCUT2D eigenvalue weighted by Gasteiger charge is -2.21. The Hall–Kier alpha value is -0.840. The standard InChI is InChI=1S/C33H62N2O9S4/c1-2-26-45-46-27-9-3-5-13-30(37)41-22-11-24-43-32(39)15-19-35(18-7-8-21-36)20-16-33(40)44-25-12-23-42-31(38)14-6-4-10-28-47-48-29-17-34/h36H,2-29,34H2,1H3. The minimum absolute atomic E-state index is 0.0820. The van der Waals surface area contributed by atoms with Gasteiger partial charge in [-0.3, -0.25) is 19.2 Å². The third-order valence-electron chi connectivity index (χ3n) is 6.65. The van der Waals surface area contributed by atoms with Crippen molar-refractivity contribution in [2.75, 3.05) is 82.2 Å². The van der Waals surface area contributed by atoms with E-state index in [1.54, 1.807) is 10.8 Å². The molecule has 0 aromatic carbocycles. The van der Waals surface area contributed by atoms with Crippen LogP contribution in [0.1, 0.15) is 103 Å². The van der Waals surface area contributed by atoms with Crippen molar-refractivity contribution in [2.24, 2.45) is 5.73 Å². The molecule has 0 rings (SSSR count). The number of carbonyl (C=O) groups excluding carboxylic acids is 4. The van der Waals surface area contributed by atoms with Crippen LogP contribution in [-0.2, 0) is 38.1 Å². The predicted octanol–water partition coefficient (Wildman–Crippen LogP) is 6.05. The quantitative estimate of drug-likeness (QED) is 0.0330. The zero-order chi connectivity index (χ0) is 35.3. The highest BCUT2D eigenvalue weighted by molar-refractivity contribution is 8.77. The van der Waals surface area contributed by atoms with Crippen molar-refractivity contribution in [3.63, 3.8) is 0 Å². The summed E-state index contributed by atoms with van der Waals surface area (Å²) in [7, 11) is 7.39. The van der Waals surface area contributed by atoms with E-state index in [-0.39, 0.29) is 69.8 Å². The smallest absolute Gasteiger partial charge is 0.307 e. The van der Waals surface area contributed by atoms with Crippen molar-refractivity contribution in [1.82, 2.24) is 4.90 Å². The summed E-state index contributed by atoms with van der Waals surface area (Å²) in [4.78, 5) is 50.2. The lowest BCUT2D eigenvalue weighted by atomic mass is 10.2. The lowest BCUT2D eigenvalue weighted by Crippen LogP contribution is -2.31. The van der Waals surface area contributed by atoms with Gasteiger partial charge in [-0.15, -0.1) is 0 Å².